The lowest BCUT2D eigenvalue weighted by Gasteiger charge is -2.06. The predicted molar refractivity (Wildman–Crippen MR) is 105 cm³/mol. The predicted octanol–water partition coefficient (Wildman–Crippen LogP) is 4.40. The van der Waals surface area contributed by atoms with Gasteiger partial charge in [0.2, 0.25) is 0 Å². The van der Waals surface area contributed by atoms with E-state index >= 15 is 0 Å². The number of nitrogens with zero attached hydrogens (tertiary/aromatic N) is 5. The van der Waals surface area contributed by atoms with Crippen molar-refractivity contribution in [3.63, 3.8) is 0 Å². The van der Waals surface area contributed by atoms with Crippen molar-refractivity contribution in [1.29, 1.82) is 0 Å². The van der Waals surface area contributed by atoms with Crippen molar-refractivity contribution in [3.8, 4) is 22.6 Å². The fourth-order valence-corrected chi connectivity index (χ4v) is 3.38. The molecule has 6 nitrogen and oxygen atoms in total. The smallest absolute Gasteiger partial charge is 0.168 e. The van der Waals surface area contributed by atoms with Gasteiger partial charge in [-0.1, -0.05) is 23.7 Å². The molecule has 0 atom stereocenters. The van der Waals surface area contributed by atoms with Gasteiger partial charge in [0.25, 0.3) is 0 Å². The number of aromatic nitrogens is 5. The molecule has 3 aromatic heterocycles. The highest BCUT2D eigenvalue weighted by atomic mass is 35.5. The van der Waals surface area contributed by atoms with Crippen LogP contribution < -0.4 is 4.74 Å². The summed E-state index contributed by atoms with van der Waals surface area (Å²) < 4.78 is 9.00. The molecule has 0 fully saturated rings. The summed E-state index contributed by atoms with van der Waals surface area (Å²) in [6.07, 6.45) is 5.28. The summed E-state index contributed by atoms with van der Waals surface area (Å²) in [5.41, 5.74) is 4.61. The highest BCUT2D eigenvalue weighted by molar-refractivity contribution is 6.30. The van der Waals surface area contributed by atoms with Crippen molar-refractivity contribution in [1.82, 2.24) is 24.1 Å². The third kappa shape index (κ3) is 2.53. The first kappa shape index (κ1) is 15.8. The standard InChI is InChI=1S/C20H14ClN5O/c1-27-16-8-6-15(7-9-16)25-10-17(13-2-4-14(21)5-3-13)18-19(25)23-12-26-20(18)22-11-24-26/h2-12H,1H3. The van der Waals surface area contributed by atoms with Gasteiger partial charge in [-0.25, -0.2) is 14.5 Å². The van der Waals surface area contributed by atoms with Crippen LogP contribution in [0.1, 0.15) is 0 Å². The number of hydrogen-bond acceptors (Lipinski definition) is 4. The van der Waals surface area contributed by atoms with Crippen LogP contribution in [0, 0.1) is 0 Å². The van der Waals surface area contributed by atoms with Crippen molar-refractivity contribution in [3.05, 3.63) is 72.4 Å². The second-order valence-corrected chi connectivity index (χ2v) is 6.53. The second-order valence-electron chi connectivity index (χ2n) is 6.09. The van der Waals surface area contributed by atoms with Crippen LogP contribution in [0.3, 0.4) is 0 Å². The molecule has 132 valence electrons. The Morgan fingerprint density at radius 1 is 0.926 bits per heavy atom. The first-order chi connectivity index (χ1) is 13.2. The minimum absolute atomic E-state index is 0.698. The van der Waals surface area contributed by atoms with Gasteiger partial charge in [-0.15, -0.1) is 0 Å². The van der Waals surface area contributed by atoms with E-state index in [1.807, 2.05) is 53.1 Å². The molecule has 0 aliphatic rings. The minimum Gasteiger partial charge on any atom is -0.497 e. The van der Waals surface area contributed by atoms with Crippen LogP contribution in [-0.4, -0.2) is 31.3 Å². The van der Waals surface area contributed by atoms with E-state index in [9.17, 15) is 0 Å². The average molecular weight is 376 g/mol. The van der Waals surface area contributed by atoms with Crippen molar-refractivity contribution >= 4 is 28.3 Å². The Labute approximate surface area is 159 Å². The monoisotopic (exact) mass is 375 g/mol. The van der Waals surface area contributed by atoms with Gasteiger partial charge in [-0.2, -0.15) is 5.10 Å². The molecule has 0 N–H and O–H groups in total. The molecule has 0 amide bonds. The molecule has 0 aliphatic heterocycles. The van der Waals surface area contributed by atoms with E-state index in [0.29, 0.717) is 5.02 Å². The lowest BCUT2D eigenvalue weighted by molar-refractivity contribution is 0.415. The fourth-order valence-electron chi connectivity index (χ4n) is 3.25. The zero-order chi connectivity index (χ0) is 18.4. The van der Waals surface area contributed by atoms with Crippen LogP contribution >= 0.6 is 11.6 Å². The molecule has 3 heterocycles. The third-order valence-electron chi connectivity index (χ3n) is 4.57. The molecule has 0 radical (unpaired) electrons. The number of methoxy groups -OCH3 is 1. The highest BCUT2D eigenvalue weighted by Gasteiger charge is 2.17. The summed E-state index contributed by atoms with van der Waals surface area (Å²) >= 11 is 6.07. The fraction of sp³-hybridized carbons (Fsp3) is 0.0500. The molecule has 0 saturated heterocycles. The molecule has 0 unspecified atom stereocenters. The van der Waals surface area contributed by atoms with Gasteiger partial charge in [0, 0.05) is 22.5 Å². The van der Waals surface area contributed by atoms with Gasteiger partial charge in [-0.05, 0) is 42.0 Å². The van der Waals surface area contributed by atoms with Crippen molar-refractivity contribution in [2.45, 2.75) is 0 Å². The van der Waals surface area contributed by atoms with Crippen LogP contribution in [0.4, 0.5) is 0 Å². The lowest BCUT2D eigenvalue weighted by Crippen LogP contribution is -1.96. The van der Waals surface area contributed by atoms with Crippen LogP contribution in [-0.2, 0) is 0 Å². The Morgan fingerprint density at radius 3 is 2.44 bits per heavy atom. The van der Waals surface area contributed by atoms with Gasteiger partial charge < -0.3 is 9.30 Å². The van der Waals surface area contributed by atoms with Gasteiger partial charge in [0.05, 0.1) is 12.5 Å². The SMILES string of the molecule is COc1ccc(-n2cc(-c3ccc(Cl)cc3)c3c2ncn2ncnc32)cc1. The maximum Gasteiger partial charge on any atom is 0.168 e. The Morgan fingerprint density at radius 2 is 1.70 bits per heavy atom. The summed E-state index contributed by atoms with van der Waals surface area (Å²) in [4.78, 5) is 9.07. The van der Waals surface area contributed by atoms with E-state index in [2.05, 4.69) is 21.3 Å². The van der Waals surface area contributed by atoms with Crippen LogP contribution in [0.2, 0.25) is 5.02 Å². The largest absolute Gasteiger partial charge is 0.497 e. The quantitative estimate of drug-likeness (QED) is 0.469. The molecule has 0 saturated carbocycles. The van der Waals surface area contributed by atoms with E-state index in [4.69, 9.17) is 16.3 Å². The van der Waals surface area contributed by atoms with Gasteiger partial charge in [-0.3, -0.25) is 0 Å². The van der Waals surface area contributed by atoms with Crippen molar-refractivity contribution in [2.24, 2.45) is 0 Å². The number of halogens is 1. The number of benzene rings is 2. The number of ether oxygens (including phenoxy) is 1. The average Bonchev–Trinajstić information content (AvgIpc) is 3.33. The zero-order valence-electron chi connectivity index (χ0n) is 14.4. The molecule has 2 aromatic carbocycles. The summed E-state index contributed by atoms with van der Waals surface area (Å²) in [7, 11) is 1.66. The molecular formula is C20H14ClN5O. The first-order valence-corrected chi connectivity index (χ1v) is 8.72. The van der Waals surface area contributed by atoms with Gasteiger partial charge in [0.15, 0.2) is 11.3 Å². The van der Waals surface area contributed by atoms with Crippen LogP contribution in [0.25, 0.3) is 33.5 Å². The van der Waals surface area contributed by atoms with E-state index in [1.165, 1.54) is 6.33 Å². The topological polar surface area (TPSA) is 57.2 Å². The van der Waals surface area contributed by atoms with Crippen molar-refractivity contribution in [2.75, 3.05) is 7.11 Å². The molecule has 7 heteroatoms. The Bertz CT molecular complexity index is 1260. The van der Waals surface area contributed by atoms with E-state index < -0.39 is 0 Å². The second kappa shape index (κ2) is 6.10. The summed E-state index contributed by atoms with van der Waals surface area (Å²) in [6, 6.07) is 15.6. The van der Waals surface area contributed by atoms with E-state index in [-0.39, 0.29) is 0 Å². The Hall–Kier alpha value is -3.38. The number of rotatable bonds is 3. The molecule has 0 bridgehead atoms. The Kier molecular flexibility index (Phi) is 3.58. The van der Waals surface area contributed by atoms with Crippen LogP contribution in [0.15, 0.2) is 67.4 Å². The van der Waals surface area contributed by atoms with E-state index in [0.717, 1.165) is 39.2 Å². The first-order valence-electron chi connectivity index (χ1n) is 8.34. The molecule has 0 aliphatic carbocycles. The maximum absolute atomic E-state index is 6.07. The normalized spacial score (nSPS) is 11.3. The third-order valence-corrected chi connectivity index (χ3v) is 4.82. The summed E-state index contributed by atoms with van der Waals surface area (Å²) in [5.74, 6) is 0.806. The molecule has 0 spiro atoms. The van der Waals surface area contributed by atoms with Crippen LogP contribution in [0.5, 0.6) is 5.75 Å². The molecule has 5 aromatic rings. The number of fused-ring (bicyclic) bond motifs is 3. The highest BCUT2D eigenvalue weighted by Crippen LogP contribution is 2.34. The Balaban J connectivity index is 1.82. The van der Waals surface area contributed by atoms with Gasteiger partial charge >= 0.3 is 0 Å². The maximum atomic E-state index is 6.07. The van der Waals surface area contributed by atoms with Gasteiger partial charge in [0.1, 0.15) is 18.4 Å². The van der Waals surface area contributed by atoms with E-state index in [1.54, 1.807) is 18.0 Å². The summed E-state index contributed by atoms with van der Waals surface area (Å²) in [5, 5.41) is 5.85. The minimum atomic E-state index is 0.698. The lowest BCUT2D eigenvalue weighted by atomic mass is 10.1. The van der Waals surface area contributed by atoms with Crippen molar-refractivity contribution < 1.29 is 4.74 Å². The number of hydrogen-bond donors (Lipinski definition) is 0. The zero-order valence-corrected chi connectivity index (χ0v) is 15.1. The molecule has 27 heavy (non-hydrogen) atoms. The summed E-state index contributed by atoms with van der Waals surface area (Å²) in [6.45, 7) is 0. The molecule has 5 rings (SSSR count). The molecular weight excluding hydrogens is 362 g/mol.